The lowest BCUT2D eigenvalue weighted by molar-refractivity contribution is 0.580. The van der Waals surface area contributed by atoms with Gasteiger partial charge >= 0.3 is 0 Å². The second kappa shape index (κ2) is 4.91. The van der Waals surface area contributed by atoms with Crippen LogP contribution in [0.4, 0.5) is 5.82 Å². The van der Waals surface area contributed by atoms with Crippen LogP contribution in [0.2, 0.25) is 0 Å². The monoisotopic (exact) mass is 301 g/mol. The fourth-order valence-electron chi connectivity index (χ4n) is 1.66. The Morgan fingerprint density at radius 3 is 2.63 bits per heavy atom. The number of aromatic nitrogens is 3. The summed E-state index contributed by atoms with van der Waals surface area (Å²) in [5.41, 5.74) is 7.01. The fraction of sp³-hybridized carbons (Fsp3) is 0.400. The summed E-state index contributed by atoms with van der Waals surface area (Å²) in [6, 6.07) is 0. The van der Waals surface area contributed by atoms with Crippen molar-refractivity contribution < 1.29 is 8.42 Å². The van der Waals surface area contributed by atoms with Gasteiger partial charge in [-0.2, -0.15) is 5.10 Å². The average molecular weight is 301 g/mol. The molecule has 7 nitrogen and oxygen atoms in total. The Hall–Kier alpha value is -1.45. The van der Waals surface area contributed by atoms with Crippen LogP contribution in [-0.4, -0.2) is 23.2 Å². The zero-order valence-electron chi connectivity index (χ0n) is 10.8. The highest BCUT2D eigenvalue weighted by Gasteiger charge is 2.24. The molecule has 2 aromatic heterocycles. The number of nitrogen functional groups attached to an aromatic ring is 1. The maximum atomic E-state index is 12.2. The van der Waals surface area contributed by atoms with Gasteiger partial charge < -0.3 is 5.73 Å². The number of thiazole rings is 1. The molecule has 19 heavy (non-hydrogen) atoms. The van der Waals surface area contributed by atoms with Gasteiger partial charge in [-0.05, 0) is 13.8 Å². The van der Waals surface area contributed by atoms with Gasteiger partial charge in [0.05, 0.1) is 12.2 Å². The lowest BCUT2D eigenvalue weighted by atomic mass is 10.5. The Balaban J connectivity index is 2.23. The predicted molar refractivity (Wildman–Crippen MR) is 73.2 cm³/mol. The fourth-order valence-corrected chi connectivity index (χ4v) is 3.77. The lowest BCUT2D eigenvalue weighted by Crippen LogP contribution is -2.24. The first-order valence-corrected chi connectivity index (χ1v) is 7.87. The van der Waals surface area contributed by atoms with Gasteiger partial charge in [-0.15, -0.1) is 11.3 Å². The van der Waals surface area contributed by atoms with E-state index in [0.29, 0.717) is 10.7 Å². The number of nitrogens with zero attached hydrogens (tertiary/aromatic N) is 3. The van der Waals surface area contributed by atoms with E-state index in [1.807, 2.05) is 12.3 Å². The maximum absolute atomic E-state index is 12.2. The third kappa shape index (κ3) is 2.77. The van der Waals surface area contributed by atoms with E-state index >= 15 is 0 Å². The summed E-state index contributed by atoms with van der Waals surface area (Å²) in [6.45, 7) is 3.66. The third-order valence-electron chi connectivity index (χ3n) is 2.65. The van der Waals surface area contributed by atoms with Gasteiger partial charge in [0, 0.05) is 18.1 Å². The number of rotatable bonds is 4. The van der Waals surface area contributed by atoms with Gasteiger partial charge in [-0.25, -0.2) is 18.1 Å². The summed E-state index contributed by atoms with van der Waals surface area (Å²) in [4.78, 5) is 4.23. The molecule has 2 heterocycles. The molecule has 0 aliphatic heterocycles. The molecule has 0 saturated carbocycles. The topological polar surface area (TPSA) is 103 Å². The van der Waals surface area contributed by atoms with Crippen molar-refractivity contribution in [2.75, 3.05) is 5.73 Å². The highest BCUT2D eigenvalue weighted by Crippen LogP contribution is 2.21. The zero-order valence-corrected chi connectivity index (χ0v) is 12.5. The number of nitrogens with two attached hydrogens (primary N) is 1. The molecule has 2 aromatic rings. The van der Waals surface area contributed by atoms with Crippen LogP contribution in [0.1, 0.15) is 16.4 Å². The SMILES string of the molecule is Cc1csc(CNS(=O)(=O)c2c(N)nn(C)c2C)n1. The minimum Gasteiger partial charge on any atom is -0.381 e. The lowest BCUT2D eigenvalue weighted by Gasteiger charge is -2.05. The standard InChI is InChI=1S/C10H15N5O2S2/c1-6-5-18-8(13-6)4-12-19(16,17)9-7(2)15(3)14-10(9)11/h5,12H,4H2,1-3H3,(H2,11,14). The van der Waals surface area contributed by atoms with Crippen LogP contribution in [0.15, 0.2) is 10.3 Å². The Morgan fingerprint density at radius 1 is 1.47 bits per heavy atom. The van der Waals surface area contributed by atoms with Crippen LogP contribution >= 0.6 is 11.3 Å². The maximum Gasteiger partial charge on any atom is 0.246 e. The minimum atomic E-state index is -3.68. The summed E-state index contributed by atoms with van der Waals surface area (Å²) in [5, 5.41) is 6.48. The van der Waals surface area contributed by atoms with Crippen molar-refractivity contribution in [2.24, 2.45) is 7.05 Å². The largest absolute Gasteiger partial charge is 0.381 e. The van der Waals surface area contributed by atoms with E-state index in [9.17, 15) is 8.42 Å². The summed E-state index contributed by atoms with van der Waals surface area (Å²) in [7, 11) is -2.03. The van der Waals surface area contributed by atoms with Gasteiger partial charge in [0.15, 0.2) is 5.82 Å². The first-order valence-electron chi connectivity index (χ1n) is 5.51. The second-order valence-corrected chi connectivity index (χ2v) is 6.78. The Kier molecular flexibility index (Phi) is 3.61. The van der Waals surface area contributed by atoms with Gasteiger partial charge in [-0.1, -0.05) is 0 Å². The number of anilines is 1. The number of aryl methyl sites for hydroxylation is 2. The van der Waals surface area contributed by atoms with E-state index in [0.717, 1.165) is 5.69 Å². The van der Waals surface area contributed by atoms with E-state index in [-0.39, 0.29) is 17.3 Å². The summed E-state index contributed by atoms with van der Waals surface area (Å²) in [5.74, 6) is 0.00261. The Bertz CT molecular complexity index is 702. The molecule has 0 aromatic carbocycles. The van der Waals surface area contributed by atoms with E-state index in [4.69, 9.17) is 5.73 Å². The van der Waals surface area contributed by atoms with E-state index in [1.165, 1.54) is 16.0 Å². The molecule has 0 bridgehead atoms. The van der Waals surface area contributed by atoms with Crippen LogP contribution in [0.25, 0.3) is 0 Å². The van der Waals surface area contributed by atoms with Gasteiger partial charge in [0.2, 0.25) is 10.0 Å². The van der Waals surface area contributed by atoms with Crippen molar-refractivity contribution in [1.29, 1.82) is 0 Å². The number of hydrogen-bond donors (Lipinski definition) is 2. The van der Waals surface area contributed by atoms with Crippen LogP contribution in [-0.2, 0) is 23.6 Å². The van der Waals surface area contributed by atoms with Crippen molar-refractivity contribution in [3.8, 4) is 0 Å². The van der Waals surface area contributed by atoms with E-state index < -0.39 is 10.0 Å². The van der Waals surface area contributed by atoms with Crippen molar-refractivity contribution in [3.63, 3.8) is 0 Å². The first-order chi connectivity index (χ1) is 8.81. The highest BCUT2D eigenvalue weighted by atomic mass is 32.2. The third-order valence-corrected chi connectivity index (χ3v) is 5.19. The minimum absolute atomic E-state index is 0.00261. The zero-order chi connectivity index (χ0) is 14.2. The normalized spacial score (nSPS) is 11.9. The highest BCUT2D eigenvalue weighted by molar-refractivity contribution is 7.89. The molecule has 0 fully saturated rings. The Morgan fingerprint density at radius 2 is 2.16 bits per heavy atom. The summed E-state index contributed by atoms with van der Waals surface area (Å²) in [6.07, 6.45) is 0. The first kappa shape index (κ1) is 14.0. The van der Waals surface area contributed by atoms with E-state index in [2.05, 4.69) is 14.8 Å². The van der Waals surface area contributed by atoms with Crippen molar-refractivity contribution in [1.82, 2.24) is 19.5 Å². The Labute approximate surface area is 115 Å². The second-order valence-electron chi connectivity index (χ2n) is 4.13. The number of hydrogen-bond acceptors (Lipinski definition) is 6. The van der Waals surface area contributed by atoms with Crippen molar-refractivity contribution >= 4 is 27.2 Å². The molecule has 3 N–H and O–H groups in total. The molecule has 104 valence electrons. The van der Waals surface area contributed by atoms with Crippen molar-refractivity contribution in [2.45, 2.75) is 25.3 Å². The smallest absolute Gasteiger partial charge is 0.246 e. The van der Waals surface area contributed by atoms with Gasteiger partial charge in [0.1, 0.15) is 9.90 Å². The van der Waals surface area contributed by atoms with Crippen LogP contribution in [0.5, 0.6) is 0 Å². The van der Waals surface area contributed by atoms with Crippen molar-refractivity contribution in [3.05, 3.63) is 21.8 Å². The van der Waals surface area contributed by atoms with Crippen LogP contribution < -0.4 is 10.5 Å². The molecule has 0 radical (unpaired) electrons. The molecule has 0 amide bonds. The molecule has 0 aliphatic carbocycles. The molecular formula is C10H15N5O2S2. The summed E-state index contributed by atoms with van der Waals surface area (Å²) >= 11 is 1.41. The number of sulfonamides is 1. The molecule has 2 rings (SSSR count). The molecule has 0 saturated heterocycles. The molecule has 0 unspecified atom stereocenters. The molecule has 0 aliphatic rings. The molecule has 0 spiro atoms. The average Bonchev–Trinajstić information content (AvgIpc) is 2.82. The molecular weight excluding hydrogens is 286 g/mol. The predicted octanol–water partition coefficient (Wildman–Crippen LogP) is 0.554. The van der Waals surface area contributed by atoms with Gasteiger partial charge in [-0.3, -0.25) is 4.68 Å². The molecule has 9 heteroatoms. The molecule has 0 atom stereocenters. The van der Waals surface area contributed by atoms with Crippen LogP contribution in [0, 0.1) is 13.8 Å². The quantitative estimate of drug-likeness (QED) is 0.858. The van der Waals surface area contributed by atoms with Gasteiger partial charge in [0.25, 0.3) is 0 Å². The van der Waals surface area contributed by atoms with E-state index in [1.54, 1.807) is 14.0 Å². The number of nitrogens with one attached hydrogen (secondary N) is 1. The van der Waals surface area contributed by atoms with Crippen LogP contribution in [0.3, 0.4) is 0 Å². The summed E-state index contributed by atoms with van der Waals surface area (Å²) < 4.78 is 28.3.